The van der Waals surface area contributed by atoms with Crippen molar-refractivity contribution in [2.45, 2.75) is 64.4 Å². The van der Waals surface area contributed by atoms with Gasteiger partial charge < -0.3 is 25.0 Å². The molecule has 3 heterocycles. The van der Waals surface area contributed by atoms with Crippen LogP contribution in [0.1, 0.15) is 36.3 Å². The van der Waals surface area contributed by atoms with Gasteiger partial charge in [0.05, 0.1) is 28.0 Å². The first-order valence-corrected chi connectivity index (χ1v) is 13.8. The second-order valence-corrected chi connectivity index (χ2v) is 10.9. The van der Waals surface area contributed by atoms with Gasteiger partial charge in [-0.15, -0.1) is 0 Å². The average molecular weight is 559 g/mol. The lowest BCUT2D eigenvalue weighted by Gasteiger charge is -2.35. The van der Waals surface area contributed by atoms with E-state index in [1.165, 1.54) is 0 Å². The highest BCUT2D eigenvalue weighted by molar-refractivity contribution is 6.33. The van der Waals surface area contributed by atoms with Gasteiger partial charge in [-0.2, -0.15) is 0 Å². The van der Waals surface area contributed by atoms with Crippen molar-refractivity contribution in [3.63, 3.8) is 0 Å². The number of aliphatic hydroxyl groups excluding tert-OH is 1. The zero-order chi connectivity index (χ0) is 27.7. The Morgan fingerprint density at radius 2 is 2.03 bits per heavy atom. The molecular weight excluding hydrogens is 523 g/mol. The number of rotatable bonds is 10. The van der Waals surface area contributed by atoms with Crippen molar-refractivity contribution in [3.05, 3.63) is 40.2 Å². The summed E-state index contributed by atoms with van der Waals surface area (Å²) in [5.41, 5.74) is 3.47. The molecule has 1 saturated carbocycles. The third-order valence-corrected chi connectivity index (χ3v) is 7.76. The second kappa shape index (κ2) is 11.8. The minimum Gasteiger partial charge on any atom is -0.491 e. The number of nitrogens with zero attached hydrogens (tertiary/aromatic N) is 4. The fourth-order valence-corrected chi connectivity index (χ4v) is 5.33. The zero-order valence-electron chi connectivity index (χ0n) is 22.8. The SMILES string of the molecule is CNCC(O)COc1ccc(Cl)c(-c2nc(NC3CCN(C4CC4)CC3F)c(C)c(-c3c(C)noc3C)n2)c1. The molecule has 2 aromatic heterocycles. The van der Waals surface area contributed by atoms with Gasteiger partial charge in [0, 0.05) is 36.8 Å². The van der Waals surface area contributed by atoms with E-state index in [2.05, 4.69) is 20.7 Å². The highest BCUT2D eigenvalue weighted by atomic mass is 35.5. The van der Waals surface area contributed by atoms with E-state index in [0.717, 1.165) is 30.5 Å². The third-order valence-electron chi connectivity index (χ3n) is 7.44. The third kappa shape index (κ3) is 6.19. The first kappa shape index (κ1) is 27.8. The van der Waals surface area contributed by atoms with E-state index in [0.29, 0.717) is 70.7 Å². The van der Waals surface area contributed by atoms with Gasteiger partial charge in [-0.1, -0.05) is 16.8 Å². The van der Waals surface area contributed by atoms with Crippen molar-refractivity contribution in [2.75, 3.05) is 38.6 Å². The summed E-state index contributed by atoms with van der Waals surface area (Å²) in [4.78, 5) is 12.0. The molecule has 0 spiro atoms. The zero-order valence-corrected chi connectivity index (χ0v) is 23.6. The first-order chi connectivity index (χ1) is 18.7. The van der Waals surface area contributed by atoms with Crippen molar-refractivity contribution in [1.82, 2.24) is 25.3 Å². The number of anilines is 1. The topological polar surface area (TPSA) is 109 Å². The van der Waals surface area contributed by atoms with E-state index in [9.17, 15) is 5.11 Å². The van der Waals surface area contributed by atoms with E-state index in [1.54, 1.807) is 25.2 Å². The summed E-state index contributed by atoms with van der Waals surface area (Å²) < 4.78 is 26.6. The highest BCUT2D eigenvalue weighted by Crippen LogP contribution is 2.37. The van der Waals surface area contributed by atoms with Crippen LogP contribution in [0, 0.1) is 20.8 Å². The Balaban J connectivity index is 1.50. The lowest BCUT2D eigenvalue weighted by atomic mass is 10.0. The Hall–Kier alpha value is -2.79. The molecule has 210 valence electrons. The summed E-state index contributed by atoms with van der Waals surface area (Å²) >= 11 is 6.63. The number of halogens is 2. The van der Waals surface area contributed by atoms with Crippen LogP contribution in [-0.2, 0) is 0 Å². The van der Waals surface area contributed by atoms with E-state index in [4.69, 9.17) is 30.8 Å². The highest BCUT2D eigenvalue weighted by Gasteiger charge is 2.37. The summed E-state index contributed by atoms with van der Waals surface area (Å²) in [6.45, 7) is 7.44. The summed E-state index contributed by atoms with van der Waals surface area (Å²) in [6, 6.07) is 5.39. The molecule has 11 heteroatoms. The lowest BCUT2D eigenvalue weighted by molar-refractivity contribution is 0.108. The summed E-state index contributed by atoms with van der Waals surface area (Å²) in [5, 5.41) is 20.9. The first-order valence-electron chi connectivity index (χ1n) is 13.5. The van der Waals surface area contributed by atoms with Gasteiger partial charge in [-0.25, -0.2) is 14.4 Å². The molecule has 2 aliphatic rings. The molecule has 1 aliphatic heterocycles. The number of likely N-dealkylation sites (tertiary alicyclic amines) is 1. The van der Waals surface area contributed by atoms with Gasteiger partial charge in [0.25, 0.3) is 0 Å². The molecule has 39 heavy (non-hydrogen) atoms. The molecule has 5 rings (SSSR count). The number of hydrogen-bond acceptors (Lipinski definition) is 9. The van der Waals surface area contributed by atoms with Gasteiger partial charge in [0.1, 0.15) is 36.2 Å². The number of likely N-dealkylation sites (N-methyl/N-ethyl adjacent to an activating group) is 1. The Kier molecular flexibility index (Phi) is 8.37. The molecule has 1 saturated heterocycles. The predicted octanol–water partition coefficient (Wildman–Crippen LogP) is 4.32. The molecule has 0 radical (unpaired) electrons. The molecule has 1 aromatic carbocycles. The maximum Gasteiger partial charge on any atom is 0.163 e. The van der Waals surface area contributed by atoms with Crippen LogP contribution >= 0.6 is 11.6 Å². The van der Waals surface area contributed by atoms with Gasteiger partial charge >= 0.3 is 0 Å². The fraction of sp³-hybridized carbons (Fsp3) is 0.536. The number of alkyl halides is 1. The number of hydrogen-bond donors (Lipinski definition) is 3. The number of aryl methyl sites for hydroxylation is 2. The average Bonchev–Trinajstić information content (AvgIpc) is 3.71. The van der Waals surface area contributed by atoms with E-state index in [1.807, 2.05) is 20.8 Å². The Morgan fingerprint density at radius 3 is 2.69 bits per heavy atom. The van der Waals surface area contributed by atoms with Crippen LogP contribution in [0.2, 0.25) is 5.02 Å². The number of aromatic nitrogens is 3. The quantitative estimate of drug-likeness (QED) is 0.335. The molecule has 3 N–H and O–H groups in total. The number of aliphatic hydroxyl groups is 1. The summed E-state index contributed by atoms with van der Waals surface area (Å²) in [7, 11) is 1.77. The molecule has 3 unspecified atom stereocenters. The van der Waals surface area contributed by atoms with Crippen molar-refractivity contribution >= 4 is 17.4 Å². The van der Waals surface area contributed by atoms with Crippen LogP contribution in [0.3, 0.4) is 0 Å². The molecule has 0 amide bonds. The molecule has 1 aliphatic carbocycles. The van der Waals surface area contributed by atoms with Gasteiger partial charge in [0.2, 0.25) is 0 Å². The van der Waals surface area contributed by atoms with Crippen molar-refractivity contribution in [1.29, 1.82) is 0 Å². The molecule has 3 atom stereocenters. The standard InChI is InChI=1S/C28H36ClFN6O3/c1-15-26(25-16(2)35-39-17(25)3)33-28(21-11-20(7-8-22(21)29)38-14-19(37)12-31-4)34-27(15)32-24-9-10-36(13-23(24)30)18-5-6-18/h7-8,11,18-19,23-24,31,37H,5-6,9-10,12-14H2,1-4H3,(H,32,33,34). The maximum atomic E-state index is 15.3. The van der Waals surface area contributed by atoms with Crippen molar-refractivity contribution < 1.29 is 18.8 Å². The largest absolute Gasteiger partial charge is 0.491 e. The lowest BCUT2D eigenvalue weighted by Crippen LogP contribution is -2.48. The van der Waals surface area contributed by atoms with Gasteiger partial charge in [0.15, 0.2) is 5.82 Å². The summed E-state index contributed by atoms with van der Waals surface area (Å²) in [5.74, 6) is 2.08. The fourth-order valence-electron chi connectivity index (χ4n) is 5.13. The van der Waals surface area contributed by atoms with Crippen LogP contribution in [0.15, 0.2) is 22.7 Å². The number of benzene rings is 1. The maximum absolute atomic E-state index is 15.3. The number of piperidine rings is 1. The molecule has 2 fully saturated rings. The molecule has 0 bridgehead atoms. The van der Waals surface area contributed by atoms with Gasteiger partial charge in [-0.3, -0.25) is 4.90 Å². The van der Waals surface area contributed by atoms with Crippen LogP contribution in [0.4, 0.5) is 10.2 Å². The Labute approximate surface area is 233 Å². The summed E-state index contributed by atoms with van der Waals surface area (Å²) in [6.07, 6.45) is 1.35. The number of ether oxygens (including phenoxy) is 1. The van der Waals surface area contributed by atoms with Crippen LogP contribution in [0.5, 0.6) is 5.75 Å². The Morgan fingerprint density at radius 1 is 1.23 bits per heavy atom. The molecule has 3 aromatic rings. The van der Waals surface area contributed by atoms with Crippen molar-refractivity contribution in [2.24, 2.45) is 0 Å². The smallest absolute Gasteiger partial charge is 0.163 e. The second-order valence-electron chi connectivity index (χ2n) is 10.5. The minimum atomic E-state index is -1.01. The van der Waals surface area contributed by atoms with E-state index >= 15 is 4.39 Å². The monoisotopic (exact) mass is 558 g/mol. The predicted molar refractivity (Wildman–Crippen MR) is 149 cm³/mol. The molecule has 9 nitrogen and oxygen atoms in total. The minimum absolute atomic E-state index is 0.116. The Bertz CT molecular complexity index is 1300. The van der Waals surface area contributed by atoms with E-state index < -0.39 is 12.3 Å². The van der Waals surface area contributed by atoms with E-state index in [-0.39, 0.29) is 12.6 Å². The van der Waals surface area contributed by atoms with Crippen molar-refractivity contribution in [3.8, 4) is 28.4 Å². The normalized spacial score (nSPS) is 20.7. The van der Waals surface area contributed by atoms with Crippen LogP contribution in [-0.4, -0.2) is 82.8 Å². The molecular formula is C28H36ClFN6O3. The van der Waals surface area contributed by atoms with Crippen LogP contribution in [0.25, 0.3) is 22.6 Å². The number of nitrogens with one attached hydrogen (secondary N) is 2. The van der Waals surface area contributed by atoms with Crippen LogP contribution < -0.4 is 15.4 Å². The van der Waals surface area contributed by atoms with Gasteiger partial charge in [-0.05, 0) is 65.3 Å².